The molecule has 0 radical (unpaired) electrons. The summed E-state index contributed by atoms with van der Waals surface area (Å²) in [6, 6.07) is 8.93. The second-order valence-corrected chi connectivity index (χ2v) is 92.2. The molecule has 0 aromatic heterocycles. The Morgan fingerprint density at radius 3 is 2.14 bits per heavy atom. The molecule has 1 heteroatoms. The Balaban J connectivity index is 2.53. The quantitative estimate of drug-likeness (QED) is 0.494. The third kappa shape index (κ3) is 1.91. The third-order valence-corrected chi connectivity index (χ3v) is 32.9. The second kappa shape index (κ2) is 2.31. The van der Waals surface area contributed by atoms with Crippen molar-refractivity contribution in [3.63, 3.8) is 0 Å². The zero-order chi connectivity index (χ0) is 16.7. The van der Waals surface area contributed by atoms with Crippen molar-refractivity contribution >= 4 is 6.08 Å². The Hall–Kier alpha value is -0.677. The van der Waals surface area contributed by atoms with E-state index in [0.717, 1.165) is 6.42 Å². The molecule has 2 aliphatic carbocycles. The van der Waals surface area contributed by atoms with Gasteiger partial charge in [-0.25, -0.2) is 0 Å². The first-order valence-electron chi connectivity index (χ1n) is 8.83. The summed E-state index contributed by atoms with van der Waals surface area (Å²) in [5.41, 5.74) is 2.88. The number of hydrogen-bond donors (Lipinski definition) is 0. The maximum atomic E-state index is 2.63. The molecular weight excluding hydrogens is 343 g/mol. The number of hydrogen-bond acceptors (Lipinski definition) is 0. The van der Waals surface area contributed by atoms with E-state index in [-0.39, 0.29) is 0 Å². The Morgan fingerprint density at radius 1 is 0.909 bits per heavy atom. The molecule has 121 valence electrons. The van der Waals surface area contributed by atoms with Crippen molar-refractivity contribution < 1.29 is 12.8 Å². The van der Waals surface area contributed by atoms with Gasteiger partial charge in [-0.1, -0.05) is 0 Å². The predicted octanol–water partition coefficient (Wildman–Crippen LogP) is 7.77. The van der Waals surface area contributed by atoms with Crippen LogP contribution in [0, 0.1) is 0 Å². The van der Waals surface area contributed by atoms with E-state index in [0.29, 0.717) is 3.63 Å². The molecule has 2 aliphatic rings. The number of benzene rings is 1. The van der Waals surface area contributed by atoms with Gasteiger partial charge in [0, 0.05) is 0 Å². The van der Waals surface area contributed by atoms with Gasteiger partial charge in [-0.3, -0.25) is 0 Å². The van der Waals surface area contributed by atoms with Gasteiger partial charge in [0.2, 0.25) is 0 Å². The zero-order valence-corrected chi connectivity index (χ0v) is 17.9. The van der Waals surface area contributed by atoms with Crippen LogP contribution in [-0.2, 0) is 12.8 Å². The van der Waals surface area contributed by atoms with Crippen LogP contribution in [0.4, 0.5) is 0 Å². The molecule has 0 bridgehead atoms. The molecule has 0 fully saturated rings. The van der Waals surface area contributed by atoms with Crippen LogP contribution < -0.4 is 0 Å². The summed E-state index contributed by atoms with van der Waals surface area (Å²) >= 11 is -5.12. The summed E-state index contributed by atoms with van der Waals surface area (Å²) in [4.78, 5) is 0. The van der Waals surface area contributed by atoms with E-state index < -0.39 is 12.8 Å². The molecule has 0 nitrogen and oxygen atoms in total. The van der Waals surface area contributed by atoms with Gasteiger partial charge in [-0.2, -0.15) is 0 Å². The minimum atomic E-state index is -5.12. The van der Waals surface area contributed by atoms with E-state index in [1.165, 1.54) is 11.1 Å². The standard InChI is InChI=1S/C9H7.C5H5.7CH3.Zr/c1-2-5-9-7-3-6-8(9)4-1;1-2-4-5-3-1;;;;;;;;/h1-7H;1-3H,4H2;7*1H3;. The van der Waals surface area contributed by atoms with Crippen molar-refractivity contribution in [1.82, 2.24) is 0 Å². The molecule has 0 saturated carbocycles. The van der Waals surface area contributed by atoms with Gasteiger partial charge < -0.3 is 0 Å². The van der Waals surface area contributed by atoms with Gasteiger partial charge in [0.25, 0.3) is 0 Å². The van der Waals surface area contributed by atoms with Crippen LogP contribution in [0.15, 0.2) is 51.9 Å². The summed E-state index contributed by atoms with van der Waals surface area (Å²) in [5.74, 6) is 0. The van der Waals surface area contributed by atoms with Crippen LogP contribution in [0.2, 0.25) is 32.4 Å². The van der Waals surface area contributed by atoms with Crippen molar-refractivity contribution in [1.29, 1.82) is 0 Å². The van der Waals surface area contributed by atoms with Crippen molar-refractivity contribution in [2.24, 2.45) is 0 Å². The second-order valence-electron chi connectivity index (χ2n) is 18.2. The number of allylic oxidation sites excluding steroid dienone is 5. The average molecular weight is 377 g/mol. The molecule has 1 atom stereocenters. The zero-order valence-electron chi connectivity index (χ0n) is 15.5. The molecular formula is C21H33Zr. The van der Waals surface area contributed by atoms with Gasteiger partial charge in [0.1, 0.15) is 0 Å². The minimum absolute atomic E-state index is 0.415. The molecule has 0 N–H and O–H groups in total. The fourth-order valence-corrected chi connectivity index (χ4v) is 23.8. The maximum absolute atomic E-state index is 5.12. The first-order valence-corrected chi connectivity index (χ1v) is 28.7. The average Bonchev–Trinajstić information content (AvgIpc) is 2.97. The van der Waals surface area contributed by atoms with Crippen LogP contribution in [0.1, 0.15) is 21.2 Å². The summed E-state index contributed by atoms with van der Waals surface area (Å²) in [6.07, 6.45) is 12.9. The predicted molar refractivity (Wildman–Crippen MR) is 101 cm³/mol. The molecule has 0 spiro atoms. The summed E-state index contributed by atoms with van der Waals surface area (Å²) < 4.78 is 20.5. The summed E-state index contributed by atoms with van der Waals surface area (Å²) in [5, 5.41) is 0. The number of fused-ring (bicyclic) bond motifs is 1. The van der Waals surface area contributed by atoms with E-state index >= 15 is 0 Å². The molecule has 0 aliphatic heterocycles. The Bertz CT molecular complexity index is 852. The molecule has 22 heavy (non-hydrogen) atoms. The molecule has 3 rings (SSSR count). The topological polar surface area (TPSA) is 0 Å². The fraction of sp³-hybridized carbons (Fsp3) is 0.429. The number of rotatable bonds is 2. The summed E-state index contributed by atoms with van der Waals surface area (Å²) in [7, 11) is 0. The third-order valence-electron chi connectivity index (χ3n) is 7.34. The van der Waals surface area contributed by atoms with Crippen molar-refractivity contribution in [2.75, 3.05) is 0 Å². The van der Waals surface area contributed by atoms with Crippen molar-refractivity contribution in [3.05, 3.63) is 63.0 Å². The van der Waals surface area contributed by atoms with Gasteiger partial charge in [0.05, 0.1) is 0 Å². The van der Waals surface area contributed by atoms with Crippen molar-refractivity contribution in [2.45, 2.75) is 42.5 Å². The van der Waals surface area contributed by atoms with E-state index in [4.69, 9.17) is 0 Å². The first kappa shape index (κ1) is 16.2. The van der Waals surface area contributed by atoms with E-state index in [1.54, 1.807) is 3.28 Å². The van der Waals surface area contributed by atoms with Crippen LogP contribution in [0.5, 0.6) is 0 Å². The normalized spacial score (nSPS) is 30.0. The SMILES string of the molecule is [CH3][Zr]([CH3])([CH3])([CH3])([CH3])([CH3])([CH3])([C]1=CC=CC1)[CH]1C=Cc2ccccc21. The molecule has 1 aromatic carbocycles. The van der Waals surface area contributed by atoms with E-state index in [1.807, 2.05) is 0 Å². The summed E-state index contributed by atoms with van der Waals surface area (Å²) in [6.45, 7) is 0. The van der Waals surface area contributed by atoms with Crippen LogP contribution >= 0.6 is 0 Å². The van der Waals surface area contributed by atoms with Crippen molar-refractivity contribution in [3.8, 4) is 0 Å². The fourth-order valence-electron chi connectivity index (χ4n) is 5.19. The Labute approximate surface area is 124 Å². The van der Waals surface area contributed by atoms with Gasteiger partial charge in [-0.15, -0.1) is 0 Å². The van der Waals surface area contributed by atoms with Gasteiger partial charge in [0.15, 0.2) is 0 Å². The van der Waals surface area contributed by atoms with Crippen LogP contribution in [-0.4, -0.2) is 0 Å². The molecule has 0 amide bonds. The van der Waals surface area contributed by atoms with Gasteiger partial charge >= 0.3 is 124 Å². The van der Waals surface area contributed by atoms with Crippen LogP contribution in [0.25, 0.3) is 6.08 Å². The van der Waals surface area contributed by atoms with Gasteiger partial charge in [-0.05, 0) is 0 Å². The molecule has 0 saturated heterocycles. The molecule has 1 unspecified atom stereocenters. The van der Waals surface area contributed by atoms with Crippen LogP contribution in [0.3, 0.4) is 0 Å². The Kier molecular flexibility index (Phi) is 1.70. The molecule has 0 heterocycles. The van der Waals surface area contributed by atoms with E-state index in [9.17, 15) is 0 Å². The Morgan fingerprint density at radius 2 is 1.55 bits per heavy atom. The first-order chi connectivity index (χ1) is 9.33. The van der Waals surface area contributed by atoms with E-state index in [2.05, 4.69) is 87.1 Å². The monoisotopic (exact) mass is 375 g/mol. The molecule has 1 aromatic rings.